The fraction of sp³-hybridized carbons (Fsp3) is 0.818. The molecule has 1 atom stereocenters. The average Bonchev–Trinajstić information content (AvgIpc) is 2.76. The van der Waals surface area contributed by atoms with Crippen molar-refractivity contribution in [2.75, 3.05) is 27.4 Å². The molecule has 0 amide bonds. The first kappa shape index (κ1) is 14.1. The van der Waals surface area contributed by atoms with Crippen molar-refractivity contribution in [1.29, 1.82) is 0 Å². The van der Waals surface area contributed by atoms with Gasteiger partial charge in [0.2, 0.25) is 0 Å². The van der Waals surface area contributed by atoms with E-state index in [1.807, 2.05) is 4.68 Å². The third-order valence-electron chi connectivity index (χ3n) is 2.78. The normalized spacial score (nSPS) is 12.9. The summed E-state index contributed by atoms with van der Waals surface area (Å²) in [6.07, 6.45) is 1.72. The van der Waals surface area contributed by atoms with Crippen LogP contribution in [0.1, 0.15) is 30.8 Å². The van der Waals surface area contributed by atoms with Crippen molar-refractivity contribution in [1.82, 2.24) is 15.0 Å². The fourth-order valence-electron chi connectivity index (χ4n) is 1.81. The van der Waals surface area contributed by atoms with E-state index in [0.29, 0.717) is 19.8 Å². The van der Waals surface area contributed by atoms with Crippen LogP contribution in [0.3, 0.4) is 0 Å². The van der Waals surface area contributed by atoms with Gasteiger partial charge in [0.05, 0.1) is 30.6 Å². The zero-order chi connectivity index (χ0) is 12.7. The minimum Gasteiger partial charge on any atom is -0.384 e. The maximum atomic E-state index is 5.66. The number of ether oxygens (including phenoxy) is 2. The van der Waals surface area contributed by atoms with Crippen LogP contribution in [0.2, 0.25) is 0 Å². The Hall–Kier alpha value is -0.980. The van der Waals surface area contributed by atoms with Crippen LogP contribution >= 0.6 is 0 Å². The molecule has 0 aromatic carbocycles. The molecule has 2 N–H and O–H groups in total. The number of nitrogens with two attached hydrogens (primary N) is 1. The van der Waals surface area contributed by atoms with Gasteiger partial charge in [0.1, 0.15) is 0 Å². The van der Waals surface area contributed by atoms with E-state index >= 15 is 0 Å². The number of aromatic nitrogens is 3. The Morgan fingerprint density at radius 2 is 2.12 bits per heavy atom. The smallest absolute Gasteiger partial charge is 0.0995 e. The monoisotopic (exact) mass is 242 g/mol. The molecule has 1 aromatic rings. The van der Waals surface area contributed by atoms with E-state index in [9.17, 15) is 0 Å². The Kier molecular flexibility index (Phi) is 6.10. The van der Waals surface area contributed by atoms with Gasteiger partial charge in [-0.25, -0.2) is 4.68 Å². The molecule has 0 saturated carbocycles. The SMILES string of the molecule is CCC(COC)n1nnc(CN)c1CCOC. The van der Waals surface area contributed by atoms with Crippen molar-refractivity contribution in [2.24, 2.45) is 5.73 Å². The van der Waals surface area contributed by atoms with Gasteiger partial charge in [0, 0.05) is 27.2 Å². The van der Waals surface area contributed by atoms with E-state index in [1.54, 1.807) is 14.2 Å². The Labute approximate surface area is 102 Å². The Bertz CT molecular complexity index is 327. The van der Waals surface area contributed by atoms with Crippen molar-refractivity contribution in [3.05, 3.63) is 11.4 Å². The second-order valence-electron chi connectivity index (χ2n) is 3.89. The highest BCUT2D eigenvalue weighted by Gasteiger charge is 2.17. The second-order valence-corrected chi connectivity index (χ2v) is 3.89. The molecule has 0 aliphatic heterocycles. The molecule has 1 heterocycles. The van der Waals surface area contributed by atoms with Crippen LogP contribution in [0.5, 0.6) is 0 Å². The summed E-state index contributed by atoms with van der Waals surface area (Å²) in [5.74, 6) is 0. The van der Waals surface area contributed by atoms with E-state index in [1.165, 1.54) is 0 Å². The number of nitrogens with zero attached hydrogens (tertiary/aromatic N) is 3. The molecule has 1 aromatic heterocycles. The molecule has 17 heavy (non-hydrogen) atoms. The molecule has 6 nitrogen and oxygen atoms in total. The van der Waals surface area contributed by atoms with E-state index in [0.717, 1.165) is 24.2 Å². The molecule has 1 unspecified atom stereocenters. The minimum absolute atomic E-state index is 0.208. The standard InChI is InChI=1S/C11H22N4O2/c1-4-9(8-17-3)15-11(5-6-16-2)10(7-12)13-14-15/h9H,4-8,12H2,1-3H3. The summed E-state index contributed by atoms with van der Waals surface area (Å²) in [6, 6.07) is 0.208. The molecule has 1 rings (SSSR count). The van der Waals surface area contributed by atoms with E-state index < -0.39 is 0 Å². The van der Waals surface area contributed by atoms with Crippen LogP contribution in [0.4, 0.5) is 0 Å². The van der Waals surface area contributed by atoms with Gasteiger partial charge in [-0.3, -0.25) is 0 Å². The molecule has 98 valence electrons. The van der Waals surface area contributed by atoms with Crippen LogP contribution in [-0.2, 0) is 22.4 Å². The quantitative estimate of drug-likeness (QED) is 0.719. The Morgan fingerprint density at radius 3 is 2.65 bits per heavy atom. The largest absolute Gasteiger partial charge is 0.384 e. The molecule has 0 fully saturated rings. The average molecular weight is 242 g/mol. The van der Waals surface area contributed by atoms with Gasteiger partial charge in [-0.15, -0.1) is 5.10 Å². The molecule has 0 radical (unpaired) electrons. The van der Waals surface area contributed by atoms with Crippen molar-refractivity contribution < 1.29 is 9.47 Å². The molecule has 0 saturated heterocycles. The highest BCUT2D eigenvalue weighted by molar-refractivity contribution is 5.11. The summed E-state index contributed by atoms with van der Waals surface area (Å²) < 4.78 is 12.2. The summed E-state index contributed by atoms with van der Waals surface area (Å²) in [5, 5.41) is 8.30. The highest BCUT2D eigenvalue weighted by atomic mass is 16.5. The summed E-state index contributed by atoms with van der Waals surface area (Å²) in [7, 11) is 3.38. The maximum Gasteiger partial charge on any atom is 0.0995 e. The summed E-state index contributed by atoms with van der Waals surface area (Å²) in [5.41, 5.74) is 7.56. The molecule has 0 spiro atoms. The summed E-state index contributed by atoms with van der Waals surface area (Å²) >= 11 is 0. The Balaban J connectivity index is 2.91. The van der Waals surface area contributed by atoms with Gasteiger partial charge in [-0.1, -0.05) is 12.1 Å². The van der Waals surface area contributed by atoms with Crippen LogP contribution in [0.15, 0.2) is 0 Å². The predicted molar refractivity (Wildman–Crippen MR) is 64.7 cm³/mol. The van der Waals surface area contributed by atoms with Crippen molar-refractivity contribution in [2.45, 2.75) is 32.4 Å². The number of hydrogen-bond acceptors (Lipinski definition) is 5. The second kappa shape index (κ2) is 7.37. The van der Waals surface area contributed by atoms with Crippen molar-refractivity contribution in [3.8, 4) is 0 Å². The molecule has 6 heteroatoms. The molecular weight excluding hydrogens is 220 g/mol. The lowest BCUT2D eigenvalue weighted by molar-refractivity contribution is 0.143. The van der Waals surface area contributed by atoms with Crippen LogP contribution in [0.25, 0.3) is 0 Å². The summed E-state index contributed by atoms with van der Waals surface area (Å²) in [6.45, 7) is 3.78. The predicted octanol–water partition coefficient (Wildman–Crippen LogP) is 0.523. The van der Waals surface area contributed by atoms with Gasteiger partial charge < -0.3 is 15.2 Å². The zero-order valence-electron chi connectivity index (χ0n) is 10.8. The van der Waals surface area contributed by atoms with Crippen LogP contribution < -0.4 is 5.73 Å². The van der Waals surface area contributed by atoms with E-state index in [2.05, 4.69) is 17.2 Å². The van der Waals surface area contributed by atoms with Crippen LogP contribution in [0, 0.1) is 0 Å². The number of methoxy groups -OCH3 is 2. The third-order valence-corrected chi connectivity index (χ3v) is 2.78. The lowest BCUT2D eigenvalue weighted by Crippen LogP contribution is -2.19. The maximum absolute atomic E-state index is 5.66. The van der Waals surface area contributed by atoms with Gasteiger partial charge in [0.25, 0.3) is 0 Å². The highest BCUT2D eigenvalue weighted by Crippen LogP contribution is 2.16. The van der Waals surface area contributed by atoms with Gasteiger partial charge in [-0.2, -0.15) is 0 Å². The molecular formula is C11H22N4O2. The van der Waals surface area contributed by atoms with E-state index in [-0.39, 0.29) is 6.04 Å². The topological polar surface area (TPSA) is 75.2 Å². The first-order chi connectivity index (χ1) is 8.28. The third kappa shape index (κ3) is 3.49. The summed E-state index contributed by atoms with van der Waals surface area (Å²) in [4.78, 5) is 0. The lowest BCUT2D eigenvalue weighted by Gasteiger charge is -2.17. The number of hydrogen-bond donors (Lipinski definition) is 1. The fourth-order valence-corrected chi connectivity index (χ4v) is 1.81. The molecule has 0 aliphatic carbocycles. The van der Waals surface area contributed by atoms with E-state index in [4.69, 9.17) is 15.2 Å². The first-order valence-electron chi connectivity index (χ1n) is 5.89. The molecule has 0 bridgehead atoms. The lowest BCUT2D eigenvalue weighted by atomic mass is 10.2. The van der Waals surface area contributed by atoms with Crippen molar-refractivity contribution in [3.63, 3.8) is 0 Å². The van der Waals surface area contributed by atoms with Gasteiger partial charge in [-0.05, 0) is 6.42 Å². The zero-order valence-corrected chi connectivity index (χ0v) is 10.8. The minimum atomic E-state index is 0.208. The Morgan fingerprint density at radius 1 is 1.35 bits per heavy atom. The molecule has 0 aliphatic rings. The van der Waals surface area contributed by atoms with Crippen molar-refractivity contribution >= 4 is 0 Å². The van der Waals surface area contributed by atoms with Gasteiger partial charge >= 0.3 is 0 Å². The van der Waals surface area contributed by atoms with Gasteiger partial charge in [0.15, 0.2) is 0 Å². The first-order valence-corrected chi connectivity index (χ1v) is 5.89. The number of rotatable bonds is 8. The van der Waals surface area contributed by atoms with Crippen LogP contribution in [-0.4, -0.2) is 42.4 Å².